The fourth-order valence-electron chi connectivity index (χ4n) is 10.7. The summed E-state index contributed by atoms with van der Waals surface area (Å²) >= 11 is 0. The van der Waals surface area contributed by atoms with Crippen molar-refractivity contribution in [3.05, 3.63) is 48.6 Å². The number of esters is 1. The van der Waals surface area contributed by atoms with Gasteiger partial charge in [0.25, 0.3) is 0 Å². The minimum absolute atomic E-state index is 0.00640. The molecule has 0 aromatic carbocycles. The van der Waals surface area contributed by atoms with E-state index >= 15 is 0 Å². The number of carbonyl (C=O) groups is 2. The third-order valence-corrected chi connectivity index (χ3v) is 16.1. The van der Waals surface area contributed by atoms with Gasteiger partial charge in [-0.05, 0) is 89.9 Å². The standard InChI is InChI=1S/C72H135NO5/c1-3-5-7-9-11-13-15-16-17-40-43-46-50-54-58-62-66-72(77)78-67-63-59-55-51-47-44-41-38-36-34-32-30-28-26-24-22-20-18-19-21-23-25-27-29-31-33-35-37-39-42-45-49-53-57-61-65-71(76)73-69(68-74)70(75)64-60-56-52-48-14-12-10-8-6-4-2/h13,15,17,20,22,40,60,64,69-70,74-75H,3-12,14,16,18-19,21,23-39,41-59,61-63,65-68H2,1-2H3,(H,73,76)/b15-13-,22-20-,40-17-,64-60+. The van der Waals surface area contributed by atoms with Gasteiger partial charge in [-0.25, -0.2) is 0 Å². The van der Waals surface area contributed by atoms with Crippen LogP contribution in [0.4, 0.5) is 0 Å². The molecule has 0 bridgehead atoms. The van der Waals surface area contributed by atoms with Crippen molar-refractivity contribution in [2.75, 3.05) is 13.2 Å². The number of ether oxygens (including phenoxy) is 1. The minimum Gasteiger partial charge on any atom is -0.466 e. The molecule has 1 amide bonds. The second kappa shape index (κ2) is 67.3. The van der Waals surface area contributed by atoms with Crippen molar-refractivity contribution < 1.29 is 24.5 Å². The molecule has 0 heterocycles. The lowest BCUT2D eigenvalue weighted by Gasteiger charge is -2.20. The molecule has 0 aliphatic carbocycles. The topological polar surface area (TPSA) is 95.9 Å². The van der Waals surface area contributed by atoms with Gasteiger partial charge in [-0.3, -0.25) is 9.59 Å². The van der Waals surface area contributed by atoms with Crippen LogP contribution in [0.5, 0.6) is 0 Å². The van der Waals surface area contributed by atoms with Crippen LogP contribution in [0.2, 0.25) is 0 Å². The number of hydrogen-bond acceptors (Lipinski definition) is 5. The Bertz CT molecular complexity index is 1310. The van der Waals surface area contributed by atoms with E-state index in [-0.39, 0.29) is 18.5 Å². The summed E-state index contributed by atoms with van der Waals surface area (Å²) < 4.78 is 5.49. The number of nitrogens with one attached hydrogen (secondary N) is 1. The molecule has 6 nitrogen and oxygen atoms in total. The molecule has 0 aromatic heterocycles. The van der Waals surface area contributed by atoms with Crippen LogP contribution >= 0.6 is 0 Å². The smallest absolute Gasteiger partial charge is 0.305 e. The monoisotopic (exact) mass is 1090 g/mol. The van der Waals surface area contributed by atoms with Crippen molar-refractivity contribution in [1.82, 2.24) is 5.32 Å². The first kappa shape index (κ1) is 75.8. The minimum atomic E-state index is -0.840. The van der Waals surface area contributed by atoms with E-state index in [0.29, 0.717) is 19.4 Å². The number of hydrogen-bond donors (Lipinski definition) is 3. The fraction of sp³-hybridized carbons (Fsp3) is 0.861. The zero-order chi connectivity index (χ0) is 56.4. The van der Waals surface area contributed by atoms with Gasteiger partial charge in [0.15, 0.2) is 0 Å². The van der Waals surface area contributed by atoms with Gasteiger partial charge < -0.3 is 20.3 Å². The largest absolute Gasteiger partial charge is 0.466 e. The van der Waals surface area contributed by atoms with Gasteiger partial charge in [-0.1, -0.05) is 319 Å². The summed E-state index contributed by atoms with van der Waals surface area (Å²) in [5.41, 5.74) is 0. The molecule has 3 N–H and O–H groups in total. The Labute approximate surface area is 486 Å². The SMILES string of the molecule is CCCCCC/C=C\C/C=C\CCCCCCCC(=O)OCCCCCCCCCCCCCCCC/C=C\CCCCCCCCCCCCCCCCCCCC(=O)NC(CO)C(O)/C=C/CCCCCCCCCC. The summed E-state index contributed by atoms with van der Waals surface area (Å²) in [4.78, 5) is 24.5. The first-order chi connectivity index (χ1) is 38.5. The van der Waals surface area contributed by atoms with Crippen LogP contribution in [-0.2, 0) is 14.3 Å². The van der Waals surface area contributed by atoms with Gasteiger partial charge in [0.2, 0.25) is 5.91 Å². The predicted octanol–water partition coefficient (Wildman–Crippen LogP) is 22.5. The Hall–Kier alpha value is -2.18. The predicted molar refractivity (Wildman–Crippen MR) is 342 cm³/mol. The van der Waals surface area contributed by atoms with Gasteiger partial charge in [0.05, 0.1) is 25.4 Å². The molecule has 0 saturated heterocycles. The third-order valence-electron chi connectivity index (χ3n) is 16.1. The van der Waals surface area contributed by atoms with Gasteiger partial charge >= 0.3 is 5.97 Å². The van der Waals surface area contributed by atoms with Crippen molar-refractivity contribution in [3.63, 3.8) is 0 Å². The molecular formula is C72H135NO5. The summed E-state index contributed by atoms with van der Waals surface area (Å²) in [7, 11) is 0. The maximum atomic E-state index is 12.4. The molecule has 78 heavy (non-hydrogen) atoms. The Kier molecular flexibility index (Phi) is 65.4. The highest BCUT2D eigenvalue weighted by Crippen LogP contribution is 2.18. The van der Waals surface area contributed by atoms with E-state index in [4.69, 9.17) is 4.74 Å². The number of unbranched alkanes of at least 4 members (excludes halogenated alkanes) is 48. The lowest BCUT2D eigenvalue weighted by atomic mass is 10.0. The zero-order valence-electron chi connectivity index (χ0n) is 52.4. The molecule has 2 unspecified atom stereocenters. The maximum Gasteiger partial charge on any atom is 0.305 e. The quantitative estimate of drug-likeness (QED) is 0.0320. The molecular weight excluding hydrogens is 959 g/mol. The number of amides is 1. The number of aliphatic hydroxyl groups excluding tert-OH is 2. The van der Waals surface area contributed by atoms with Crippen LogP contribution in [0.3, 0.4) is 0 Å². The second-order valence-electron chi connectivity index (χ2n) is 23.9. The normalized spacial score (nSPS) is 12.8. The summed E-state index contributed by atoms with van der Waals surface area (Å²) in [5, 5.41) is 23.0. The van der Waals surface area contributed by atoms with Gasteiger partial charge in [-0.2, -0.15) is 0 Å². The van der Waals surface area contributed by atoms with E-state index in [0.717, 1.165) is 51.4 Å². The molecule has 0 radical (unpaired) electrons. The van der Waals surface area contributed by atoms with Crippen molar-refractivity contribution >= 4 is 11.9 Å². The zero-order valence-corrected chi connectivity index (χ0v) is 52.4. The highest BCUT2D eigenvalue weighted by atomic mass is 16.5. The van der Waals surface area contributed by atoms with Crippen LogP contribution in [0.15, 0.2) is 48.6 Å². The molecule has 0 aliphatic heterocycles. The molecule has 0 fully saturated rings. The second-order valence-corrected chi connectivity index (χ2v) is 23.9. The van der Waals surface area contributed by atoms with Crippen molar-refractivity contribution in [2.24, 2.45) is 0 Å². The molecule has 0 aliphatic rings. The van der Waals surface area contributed by atoms with Gasteiger partial charge in [-0.15, -0.1) is 0 Å². The van der Waals surface area contributed by atoms with E-state index in [1.165, 1.54) is 295 Å². The first-order valence-corrected chi connectivity index (χ1v) is 34.9. The highest BCUT2D eigenvalue weighted by molar-refractivity contribution is 5.76. The van der Waals surface area contributed by atoms with Crippen molar-refractivity contribution in [3.8, 4) is 0 Å². The van der Waals surface area contributed by atoms with Crippen LogP contribution in [0.1, 0.15) is 373 Å². The Morgan fingerprint density at radius 3 is 1.00 bits per heavy atom. The van der Waals surface area contributed by atoms with Crippen LogP contribution < -0.4 is 5.32 Å². The number of allylic oxidation sites excluding steroid dienone is 7. The Morgan fingerprint density at radius 1 is 0.359 bits per heavy atom. The molecule has 6 heteroatoms. The Morgan fingerprint density at radius 2 is 0.641 bits per heavy atom. The van der Waals surface area contributed by atoms with Crippen molar-refractivity contribution in [2.45, 2.75) is 386 Å². The van der Waals surface area contributed by atoms with E-state index in [2.05, 4.69) is 55.6 Å². The maximum absolute atomic E-state index is 12.4. The van der Waals surface area contributed by atoms with E-state index in [9.17, 15) is 19.8 Å². The molecule has 2 atom stereocenters. The molecule has 458 valence electrons. The van der Waals surface area contributed by atoms with E-state index in [1.54, 1.807) is 6.08 Å². The number of rotatable bonds is 65. The molecule has 0 saturated carbocycles. The average molecular weight is 1090 g/mol. The number of carbonyl (C=O) groups excluding carboxylic acids is 2. The van der Waals surface area contributed by atoms with Crippen LogP contribution in [0.25, 0.3) is 0 Å². The van der Waals surface area contributed by atoms with Crippen molar-refractivity contribution in [1.29, 1.82) is 0 Å². The molecule has 0 aromatic rings. The highest BCUT2D eigenvalue weighted by Gasteiger charge is 2.18. The Balaban J connectivity index is 3.33. The lowest BCUT2D eigenvalue weighted by molar-refractivity contribution is -0.143. The number of aliphatic hydroxyl groups is 2. The van der Waals surface area contributed by atoms with Crippen LogP contribution in [-0.4, -0.2) is 47.4 Å². The lowest BCUT2D eigenvalue weighted by Crippen LogP contribution is -2.45. The van der Waals surface area contributed by atoms with E-state index in [1.807, 2.05) is 6.08 Å². The van der Waals surface area contributed by atoms with Crippen LogP contribution in [0, 0.1) is 0 Å². The molecule has 0 spiro atoms. The third kappa shape index (κ3) is 63.0. The van der Waals surface area contributed by atoms with Gasteiger partial charge in [0, 0.05) is 12.8 Å². The molecule has 0 rings (SSSR count). The first-order valence-electron chi connectivity index (χ1n) is 34.9. The summed E-state index contributed by atoms with van der Waals surface area (Å²) in [6, 6.07) is -0.624. The fourth-order valence-corrected chi connectivity index (χ4v) is 10.7. The summed E-state index contributed by atoms with van der Waals surface area (Å²) in [6.07, 6.45) is 87.8. The average Bonchev–Trinajstić information content (AvgIpc) is 3.44. The van der Waals surface area contributed by atoms with Gasteiger partial charge in [0.1, 0.15) is 0 Å². The summed E-state index contributed by atoms with van der Waals surface area (Å²) in [5.74, 6) is -0.0591. The van der Waals surface area contributed by atoms with E-state index < -0.39 is 12.1 Å². The summed E-state index contributed by atoms with van der Waals surface area (Å²) in [6.45, 7) is 4.88.